The van der Waals surface area contributed by atoms with Crippen molar-refractivity contribution in [3.63, 3.8) is 0 Å². The molecule has 0 saturated carbocycles. The van der Waals surface area contributed by atoms with Crippen molar-refractivity contribution in [1.82, 2.24) is 4.98 Å². The van der Waals surface area contributed by atoms with Gasteiger partial charge in [0, 0.05) is 11.8 Å². The van der Waals surface area contributed by atoms with E-state index in [1.165, 1.54) is 0 Å². The second kappa shape index (κ2) is 4.47. The third-order valence-corrected chi connectivity index (χ3v) is 1.95. The summed E-state index contributed by atoms with van der Waals surface area (Å²) in [4.78, 5) is 14.0. The SMILES string of the molecule is CCOC(=O)Cc1c(C)c[nH]c1C#N. The maximum atomic E-state index is 11.2. The van der Waals surface area contributed by atoms with Gasteiger partial charge in [-0.2, -0.15) is 5.26 Å². The second-order valence-corrected chi connectivity index (χ2v) is 2.92. The van der Waals surface area contributed by atoms with Gasteiger partial charge in [0.2, 0.25) is 0 Å². The van der Waals surface area contributed by atoms with Crippen LogP contribution in [-0.4, -0.2) is 17.6 Å². The first-order valence-corrected chi connectivity index (χ1v) is 4.41. The van der Waals surface area contributed by atoms with Crippen molar-refractivity contribution >= 4 is 5.97 Å². The fraction of sp³-hybridized carbons (Fsp3) is 0.400. The van der Waals surface area contributed by atoms with Crippen molar-refractivity contribution in [3.05, 3.63) is 23.0 Å². The normalized spacial score (nSPS) is 9.50. The van der Waals surface area contributed by atoms with Crippen molar-refractivity contribution < 1.29 is 9.53 Å². The summed E-state index contributed by atoms with van der Waals surface area (Å²) in [5.74, 6) is -0.299. The van der Waals surface area contributed by atoms with Crippen LogP contribution in [-0.2, 0) is 16.0 Å². The van der Waals surface area contributed by atoms with Crippen LogP contribution in [0.5, 0.6) is 0 Å². The molecule has 1 aromatic rings. The van der Waals surface area contributed by atoms with Gasteiger partial charge in [-0.1, -0.05) is 0 Å². The molecule has 0 bridgehead atoms. The Balaban J connectivity index is 2.80. The zero-order chi connectivity index (χ0) is 10.6. The second-order valence-electron chi connectivity index (χ2n) is 2.92. The molecule has 4 heteroatoms. The first-order chi connectivity index (χ1) is 6.69. The molecule has 0 unspecified atom stereocenters. The number of H-pyrrole nitrogens is 1. The van der Waals surface area contributed by atoms with Crippen molar-refractivity contribution in [3.8, 4) is 6.07 Å². The molecule has 0 aliphatic heterocycles. The number of aryl methyl sites for hydroxylation is 1. The Morgan fingerprint density at radius 2 is 2.43 bits per heavy atom. The molecular formula is C10H12N2O2. The summed E-state index contributed by atoms with van der Waals surface area (Å²) < 4.78 is 4.81. The van der Waals surface area contributed by atoms with E-state index in [1.807, 2.05) is 13.0 Å². The number of aromatic amines is 1. The van der Waals surface area contributed by atoms with Gasteiger partial charge in [-0.3, -0.25) is 4.79 Å². The zero-order valence-corrected chi connectivity index (χ0v) is 8.26. The van der Waals surface area contributed by atoms with Crippen molar-refractivity contribution in [2.45, 2.75) is 20.3 Å². The lowest BCUT2D eigenvalue weighted by Gasteiger charge is -2.01. The van der Waals surface area contributed by atoms with E-state index in [-0.39, 0.29) is 12.4 Å². The summed E-state index contributed by atoms with van der Waals surface area (Å²) in [6, 6.07) is 2.00. The third kappa shape index (κ3) is 2.13. The van der Waals surface area contributed by atoms with Crippen LogP contribution in [0.25, 0.3) is 0 Å². The molecule has 14 heavy (non-hydrogen) atoms. The van der Waals surface area contributed by atoms with E-state index >= 15 is 0 Å². The maximum absolute atomic E-state index is 11.2. The molecule has 1 rings (SSSR count). The van der Waals surface area contributed by atoms with Crippen LogP contribution in [0.2, 0.25) is 0 Å². The minimum atomic E-state index is -0.299. The number of nitrogens with zero attached hydrogens (tertiary/aromatic N) is 1. The molecule has 0 saturated heterocycles. The molecule has 0 atom stereocenters. The van der Waals surface area contributed by atoms with Gasteiger partial charge in [0.25, 0.3) is 0 Å². The van der Waals surface area contributed by atoms with Crippen molar-refractivity contribution in [1.29, 1.82) is 5.26 Å². The van der Waals surface area contributed by atoms with E-state index in [9.17, 15) is 4.79 Å². The average molecular weight is 192 g/mol. The summed E-state index contributed by atoms with van der Waals surface area (Å²) in [7, 11) is 0. The molecular weight excluding hydrogens is 180 g/mol. The molecule has 0 amide bonds. The smallest absolute Gasteiger partial charge is 0.310 e. The number of nitriles is 1. The van der Waals surface area contributed by atoms with E-state index in [0.29, 0.717) is 12.3 Å². The molecule has 1 N–H and O–H groups in total. The van der Waals surface area contributed by atoms with Crippen molar-refractivity contribution in [2.75, 3.05) is 6.61 Å². The van der Waals surface area contributed by atoms with E-state index in [0.717, 1.165) is 11.1 Å². The van der Waals surface area contributed by atoms with Gasteiger partial charge < -0.3 is 9.72 Å². The van der Waals surface area contributed by atoms with Gasteiger partial charge in [0.1, 0.15) is 11.8 Å². The number of hydrogen-bond donors (Lipinski definition) is 1. The molecule has 0 radical (unpaired) electrons. The lowest BCUT2D eigenvalue weighted by molar-refractivity contribution is -0.142. The molecule has 0 aromatic carbocycles. The first-order valence-electron chi connectivity index (χ1n) is 4.41. The Hall–Kier alpha value is -1.76. The molecule has 1 aromatic heterocycles. The number of nitrogens with one attached hydrogen (secondary N) is 1. The van der Waals surface area contributed by atoms with E-state index < -0.39 is 0 Å². The van der Waals surface area contributed by atoms with Crippen LogP contribution in [0.1, 0.15) is 23.7 Å². The number of esters is 1. The summed E-state index contributed by atoms with van der Waals surface area (Å²) in [6.07, 6.45) is 1.87. The molecule has 74 valence electrons. The standard InChI is InChI=1S/C10H12N2O2/c1-3-14-10(13)4-8-7(2)6-12-9(8)5-11/h6,12H,3-4H2,1-2H3. The Morgan fingerprint density at radius 1 is 1.71 bits per heavy atom. The molecule has 0 aliphatic rings. The predicted octanol–water partition coefficient (Wildman–Crippen LogP) is 1.30. The van der Waals surface area contributed by atoms with E-state index in [1.54, 1.807) is 13.1 Å². The highest BCUT2D eigenvalue weighted by atomic mass is 16.5. The summed E-state index contributed by atoms with van der Waals surface area (Å²) >= 11 is 0. The van der Waals surface area contributed by atoms with Crippen LogP contribution in [0.3, 0.4) is 0 Å². The number of ether oxygens (including phenoxy) is 1. The quantitative estimate of drug-likeness (QED) is 0.734. The first kappa shape index (κ1) is 10.3. The molecule has 1 heterocycles. The van der Waals surface area contributed by atoms with Gasteiger partial charge in [-0.15, -0.1) is 0 Å². The van der Waals surface area contributed by atoms with Crippen LogP contribution in [0.4, 0.5) is 0 Å². The Kier molecular flexibility index (Phi) is 3.29. The lowest BCUT2D eigenvalue weighted by Crippen LogP contribution is -2.08. The number of rotatable bonds is 3. The fourth-order valence-corrected chi connectivity index (χ4v) is 1.24. The molecule has 0 spiro atoms. The van der Waals surface area contributed by atoms with Crippen LogP contribution in [0.15, 0.2) is 6.20 Å². The molecule has 0 fully saturated rings. The van der Waals surface area contributed by atoms with Gasteiger partial charge >= 0.3 is 5.97 Å². The lowest BCUT2D eigenvalue weighted by atomic mass is 10.1. The van der Waals surface area contributed by atoms with Crippen LogP contribution >= 0.6 is 0 Å². The van der Waals surface area contributed by atoms with Crippen LogP contribution in [0, 0.1) is 18.3 Å². The number of carbonyl (C=O) groups is 1. The summed E-state index contributed by atoms with van der Waals surface area (Å²) in [5.41, 5.74) is 2.08. The number of hydrogen-bond acceptors (Lipinski definition) is 3. The van der Waals surface area contributed by atoms with Gasteiger partial charge in [0.05, 0.1) is 13.0 Å². The fourth-order valence-electron chi connectivity index (χ4n) is 1.24. The minimum Gasteiger partial charge on any atom is -0.466 e. The number of carbonyl (C=O) groups excluding carboxylic acids is 1. The van der Waals surface area contributed by atoms with Gasteiger partial charge in [-0.05, 0) is 19.4 Å². The Morgan fingerprint density at radius 3 is 3.00 bits per heavy atom. The third-order valence-electron chi connectivity index (χ3n) is 1.95. The Labute approximate surface area is 82.5 Å². The molecule has 4 nitrogen and oxygen atoms in total. The monoisotopic (exact) mass is 192 g/mol. The highest BCUT2D eigenvalue weighted by Gasteiger charge is 2.12. The number of aromatic nitrogens is 1. The Bertz CT molecular complexity index is 374. The highest BCUT2D eigenvalue weighted by molar-refractivity contribution is 5.73. The predicted molar refractivity (Wildman–Crippen MR) is 50.6 cm³/mol. The van der Waals surface area contributed by atoms with Gasteiger partial charge in [0.15, 0.2) is 0 Å². The summed E-state index contributed by atoms with van der Waals surface area (Å²) in [6.45, 7) is 3.98. The highest BCUT2D eigenvalue weighted by Crippen LogP contribution is 2.13. The van der Waals surface area contributed by atoms with E-state index in [4.69, 9.17) is 10.00 Å². The maximum Gasteiger partial charge on any atom is 0.310 e. The topological polar surface area (TPSA) is 65.9 Å². The largest absolute Gasteiger partial charge is 0.466 e. The van der Waals surface area contributed by atoms with Crippen LogP contribution < -0.4 is 0 Å². The zero-order valence-electron chi connectivity index (χ0n) is 8.26. The average Bonchev–Trinajstić information content (AvgIpc) is 2.48. The summed E-state index contributed by atoms with van der Waals surface area (Å²) in [5, 5.41) is 8.74. The molecule has 0 aliphatic carbocycles. The van der Waals surface area contributed by atoms with Crippen molar-refractivity contribution in [2.24, 2.45) is 0 Å². The minimum absolute atomic E-state index is 0.159. The van der Waals surface area contributed by atoms with Gasteiger partial charge in [-0.25, -0.2) is 0 Å². The van der Waals surface area contributed by atoms with E-state index in [2.05, 4.69) is 4.98 Å².